The number of aryl methyl sites for hydroxylation is 1. The Labute approximate surface area is 186 Å². The Morgan fingerprint density at radius 3 is 2.25 bits per heavy atom. The van der Waals surface area contributed by atoms with Gasteiger partial charge >= 0.3 is 12.1 Å². The predicted octanol–water partition coefficient (Wildman–Crippen LogP) is 4.62. The van der Waals surface area contributed by atoms with Gasteiger partial charge in [-0.1, -0.05) is 60.7 Å². The molecule has 1 amide bonds. The van der Waals surface area contributed by atoms with E-state index in [4.69, 9.17) is 9.47 Å². The van der Waals surface area contributed by atoms with Gasteiger partial charge in [-0.2, -0.15) is 0 Å². The second-order valence-electron chi connectivity index (χ2n) is 7.75. The fourth-order valence-corrected chi connectivity index (χ4v) is 4.18. The number of nitrogens with one attached hydrogen (secondary N) is 1. The zero-order valence-corrected chi connectivity index (χ0v) is 17.8. The first-order valence-corrected chi connectivity index (χ1v) is 10.5. The lowest BCUT2D eigenvalue weighted by Crippen LogP contribution is -2.41. The van der Waals surface area contributed by atoms with Crippen molar-refractivity contribution in [3.63, 3.8) is 0 Å². The molecule has 3 aromatic rings. The lowest BCUT2D eigenvalue weighted by Gasteiger charge is -2.17. The summed E-state index contributed by atoms with van der Waals surface area (Å²) in [6, 6.07) is 22.5. The number of rotatable bonds is 8. The topological polar surface area (TPSA) is 84.9 Å². The first-order valence-electron chi connectivity index (χ1n) is 10.5. The van der Waals surface area contributed by atoms with Gasteiger partial charge in [0.1, 0.15) is 18.4 Å². The largest absolute Gasteiger partial charge is 0.497 e. The number of methoxy groups -OCH3 is 1. The Hall–Kier alpha value is -3.80. The van der Waals surface area contributed by atoms with Crippen LogP contribution in [0.15, 0.2) is 72.8 Å². The van der Waals surface area contributed by atoms with Crippen LogP contribution in [0.1, 0.15) is 29.0 Å². The van der Waals surface area contributed by atoms with Gasteiger partial charge in [-0.05, 0) is 52.8 Å². The fraction of sp³-hybridized carbons (Fsp3) is 0.231. The third-order valence-electron chi connectivity index (χ3n) is 5.79. The molecule has 0 fully saturated rings. The van der Waals surface area contributed by atoms with Crippen LogP contribution < -0.4 is 10.1 Å². The van der Waals surface area contributed by atoms with Gasteiger partial charge in [-0.25, -0.2) is 9.59 Å². The van der Waals surface area contributed by atoms with Crippen LogP contribution in [0.4, 0.5) is 4.79 Å². The van der Waals surface area contributed by atoms with E-state index in [2.05, 4.69) is 17.4 Å². The Balaban J connectivity index is 1.37. The molecule has 0 bridgehead atoms. The zero-order chi connectivity index (χ0) is 22.5. The minimum atomic E-state index is -1.10. The minimum Gasteiger partial charge on any atom is -0.497 e. The van der Waals surface area contributed by atoms with Crippen LogP contribution in [-0.4, -0.2) is 36.9 Å². The van der Waals surface area contributed by atoms with Crippen molar-refractivity contribution in [3.05, 3.63) is 89.5 Å². The molecule has 0 spiro atoms. The number of carboxylic acid groups (broad SMARTS) is 1. The van der Waals surface area contributed by atoms with Crippen molar-refractivity contribution >= 4 is 12.1 Å². The maximum absolute atomic E-state index is 12.4. The summed E-state index contributed by atoms with van der Waals surface area (Å²) < 4.78 is 10.7. The van der Waals surface area contributed by atoms with Crippen molar-refractivity contribution in [1.82, 2.24) is 5.32 Å². The van der Waals surface area contributed by atoms with E-state index in [-0.39, 0.29) is 18.9 Å². The van der Waals surface area contributed by atoms with Gasteiger partial charge in [0, 0.05) is 5.92 Å². The van der Waals surface area contributed by atoms with Gasteiger partial charge < -0.3 is 19.9 Å². The third kappa shape index (κ3) is 4.59. The lowest BCUT2D eigenvalue weighted by atomic mass is 9.98. The number of hydrogen-bond donors (Lipinski definition) is 2. The second kappa shape index (κ2) is 9.56. The monoisotopic (exact) mass is 431 g/mol. The number of carboxylic acids is 1. The average Bonchev–Trinajstić information content (AvgIpc) is 3.14. The van der Waals surface area contributed by atoms with Crippen LogP contribution in [0, 0.1) is 0 Å². The van der Waals surface area contributed by atoms with E-state index in [1.165, 1.54) is 0 Å². The summed E-state index contributed by atoms with van der Waals surface area (Å²) in [4.78, 5) is 24.1. The van der Waals surface area contributed by atoms with Gasteiger partial charge in [-0.3, -0.25) is 0 Å². The Morgan fingerprint density at radius 1 is 0.969 bits per heavy atom. The van der Waals surface area contributed by atoms with E-state index in [1.54, 1.807) is 7.11 Å². The van der Waals surface area contributed by atoms with Gasteiger partial charge in [0.15, 0.2) is 0 Å². The molecule has 1 atom stereocenters. The molecular weight excluding hydrogens is 406 g/mol. The molecule has 0 saturated heterocycles. The van der Waals surface area contributed by atoms with Crippen molar-refractivity contribution < 1.29 is 24.2 Å². The SMILES string of the molecule is COc1cccc(CC[C@H](NC(=O)OCC2c3ccccc3-c3ccccc32)C(=O)O)c1. The maximum atomic E-state index is 12.4. The number of ether oxygens (including phenoxy) is 2. The molecule has 32 heavy (non-hydrogen) atoms. The first-order chi connectivity index (χ1) is 15.6. The number of carbonyl (C=O) groups is 2. The number of alkyl carbamates (subject to hydrolysis) is 1. The Kier molecular flexibility index (Phi) is 6.40. The smallest absolute Gasteiger partial charge is 0.407 e. The number of fused-ring (bicyclic) bond motifs is 3. The molecule has 0 radical (unpaired) electrons. The molecule has 6 heteroatoms. The molecule has 0 aliphatic heterocycles. The molecule has 3 aromatic carbocycles. The van der Waals surface area contributed by atoms with Gasteiger partial charge in [0.25, 0.3) is 0 Å². The van der Waals surface area contributed by atoms with Gasteiger partial charge in [0.2, 0.25) is 0 Å². The van der Waals surface area contributed by atoms with Crippen LogP contribution >= 0.6 is 0 Å². The quantitative estimate of drug-likeness (QED) is 0.544. The Morgan fingerprint density at radius 2 is 1.62 bits per heavy atom. The van der Waals surface area contributed by atoms with E-state index in [1.807, 2.05) is 60.7 Å². The fourth-order valence-electron chi connectivity index (χ4n) is 4.18. The average molecular weight is 431 g/mol. The Bertz CT molecular complexity index is 1080. The van der Waals surface area contributed by atoms with Crippen molar-refractivity contribution in [3.8, 4) is 16.9 Å². The molecule has 1 aliphatic rings. The highest BCUT2D eigenvalue weighted by molar-refractivity contribution is 5.81. The molecule has 164 valence electrons. The van der Waals surface area contributed by atoms with Crippen LogP contribution in [0.2, 0.25) is 0 Å². The lowest BCUT2D eigenvalue weighted by molar-refractivity contribution is -0.139. The highest BCUT2D eigenvalue weighted by atomic mass is 16.5. The minimum absolute atomic E-state index is 0.0757. The zero-order valence-electron chi connectivity index (χ0n) is 17.8. The molecular formula is C26H25NO5. The van der Waals surface area contributed by atoms with E-state index in [0.717, 1.165) is 27.8 Å². The summed E-state index contributed by atoms with van der Waals surface area (Å²) in [7, 11) is 1.58. The first kappa shape index (κ1) is 21.4. The van der Waals surface area contributed by atoms with E-state index >= 15 is 0 Å². The number of carbonyl (C=O) groups excluding carboxylic acids is 1. The molecule has 4 rings (SSSR count). The molecule has 0 heterocycles. The van der Waals surface area contributed by atoms with Crippen LogP contribution in [0.5, 0.6) is 5.75 Å². The van der Waals surface area contributed by atoms with Gasteiger partial charge in [0.05, 0.1) is 7.11 Å². The predicted molar refractivity (Wildman–Crippen MR) is 121 cm³/mol. The van der Waals surface area contributed by atoms with Crippen molar-refractivity contribution in [1.29, 1.82) is 0 Å². The van der Waals surface area contributed by atoms with E-state index in [9.17, 15) is 14.7 Å². The number of benzene rings is 3. The van der Waals surface area contributed by atoms with Crippen molar-refractivity contribution in [2.75, 3.05) is 13.7 Å². The van der Waals surface area contributed by atoms with Crippen molar-refractivity contribution in [2.24, 2.45) is 0 Å². The van der Waals surface area contributed by atoms with Gasteiger partial charge in [-0.15, -0.1) is 0 Å². The van der Waals surface area contributed by atoms with Crippen LogP contribution in [-0.2, 0) is 16.0 Å². The molecule has 0 unspecified atom stereocenters. The number of aliphatic carboxylic acids is 1. The van der Waals surface area contributed by atoms with Crippen LogP contribution in [0.3, 0.4) is 0 Å². The summed E-state index contributed by atoms with van der Waals surface area (Å²) in [6.45, 7) is 0.141. The van der Waals surface area contributed by atoms with Crippen LogP contribution in [0.25, 0.3) is 11.1 Å². The standard InChI is InChI=1S/C26H25NO5/c1-31-18-8-6-7-17(15-18)13-14-24(25(28)29)27-26(30)32-16-23-21-11-4-2-9-19(21)20-10-3-5-12-22(20)23/h2-12,15,23-24H,13-14,16H2,1H3,(H,27,30)(H,28,29)/t24-/m0/s1. The molecule has 6 nitrogen and oxygen atoms in total. The van der Waals surface area contributed by atoms with E-state index < -0.39 is 18.1 Å². The molecule has 1 aliphatic carbocycles. The third-order valence-corrected chi connectivity index (χ3v) is 5.79. The second-order valence-corrected chi connectivity index (χ2v) is 7.75. The summed E-state index contributed by atoms with van der Waals surface area (Å²) in [6.07, 6.45) is -0.00486. The van der Waals surface area contributed by atoms with E-state index in [0.29, 0.717) is 12.2 Å². The molecule has 2 N–H and O–H groups in total. The normalized spacial score (nSPS) is 13.0. The highest BCUT2D eigenvalue weighted by Gasteiger charge is 2.29. The molecule has 0 saturated carbocycles. The summed E-state index contributed by atoms with van der Waals surface area (Å²) in [5, 5.41) is 12.0. The summed E-state index contributed by atoms with van der Waals surface area (Å²) in [5.74, 6) is -0.464. The number of amides is 1. The summed E-state index contributed by atoms with van der Waals surface area (Å²) in [5.41, 5.74) is 5.42. The molecule has 0 aromatic heterocycles. The highest BCUT2D eigenvalue weighted by Crippen LogP contribution is 2.44. The van der Waals surface area contributed by atoms with Crippen molar-refractivity contribution in [2.45, 2.75) is 24.8 Å². The maximum Gasteiger partial charge on any atom is 0.407 e. The summed E-state index contributed by atoms with van der Waals surface area (Å²) >= 11 is 0. The number of hydrogen-bond acceptors (Lipinski definition) is 4.